The Morgan fingerprint density at radius 1 is 1.00 bits per heavy atom. The molecule has 0 bridgehead atoms. The lowest BCUT2D eigenvalue weighted by Gasteiger charge is -2.16. The molecule has 2 aromatic carbocycles. The van der Waals surface area contributed by atoms with Gasteiger partial charge in [-0.3, -0.25) is 9.98 Å². The number of benzene rings is 2. The van der Waals surface area contributed by atoms with E-state index in [-0.39, 0.29) is 5.82 Å². The standard InChI is InChI=1S/C24H21FN2/c1-17-6-2-3-9-21(17)22-15-18(10-11-23(22)25)14-19-7-5-13-27-24(19)20-8-4-12-26-16-20/h2-4,6,8-12,14-16H,5,7,13H2,1H3/b19-14+. The summed E-state index contributed by atoms with van der Waals surface area (Å²) in [6.07, 6.45) is 7.74. The van der Waals surface area contributed by atoms with Gasteiger partial charge in [-0.15, -0.1) is 0 Å². The van der Waals surface area contributed by atoms with Crippen molar-refractivity contribution in [2.75, 3.05) is 6.54 Å². The van der Waals surface area contributed by atoms with E-state index in [0.717, 1.165) is 47.4 Å². The molecule has 3 aromatic rings. The first kappa shape index (κ1) is 17.3. The van der Waals surface area contributed by atoms with Crippen molar-refractivity contribution in [3.63, 3.8) is 0 Å². The summed E-state index contributed by atoms with van der Waals surface area (Å²) in [5.41, 5.74) is 6.83. The van der Waals surface area contributed by atoms with Gasteiger partial charge in [-0.25, -0.2) is 4.39 Å². The number of aliphatic imine (C=N–C) groups is 1. The average molecular weight is 356 g/mol. The third kappa shape index (κ3) is 3.72. The highest BCUT2D eigenvalue weighted by atomic mass is 19.1. The molecule has 2 heterocycles. The van der Waals surface area contributed by atoms with Gasteiger partial charge in [-0.05, 0) is 72.4 Å². The van der Waals surface area contributed by atoms with Gasteiger partial charge >= 0.3 is 0 Å². The second-order valence-corrected chi connectivity index (χ2v) is 6.80. The molecule has 0 radical (unpaired) electrons. The molecule has 134 valence electrons. The number of rotatable bonds is 3. The zero-order valence-corrected chi connectivity index (χ0v) is 15.3. The van der Waals surface area contributed by atoms with Gasteiger partial charge in [-0.2, -0.15) is 0 Å². The molecule has 0 unspecified atom stereocenters. The summed E-state index contributed by atoms with van der Waals surface area (Å²) in [7, 11) is 0. The molecule has 4 rings (SSSR count). The molecule has 0 amide bonds. The number of pyridine rings is 1. The topological polar surface area (TPSA) is 25.2 Å². The Morgan fingerprint density at radius 2 is 1.89 bits per heavy atom. The Kier molecular flexibility index (Phi) is 4.93. The molecule has 2 nitrogen and oxygen atoms in total. The molecule has 0 saturated carbocycles. The fourth-order valence-electron chi connectivity index (χ4n) is 3.52. The van der Waals surface area contributed by atoms with Crippen LogP contribution in [0.1, 0.15) is 29.5 Å². The van der Waals surface area contributed by atoms with E-state index < -0.39 is 0 Å². The van der Waals surface area contributed by atoms with Crippen LogP contribution in [0.15, 0.2) is 77.6 Å². The highest BCUT2D eigenvalue weighted by Crippen LogP contribution is 2.29. The Hall–Kier alpha value is -3.07. The molecule has 27 heavy (non-hydrogen) atoms. The monoisotopic (exact) mass is 356 g/mol. The van der Waals surface area contributed by atoms with Gasteiger partial charge in [0.2, 0.25) is 0 Å². The van der Waals surface area contributed by atoms with Crippen LogP contribution in [-0.4, -0.2) is 17.2 Å². The highest BCUT2D eigenvalue weighted by molar-refractivity contribution is 6.15. The zero-order chi connectivity index (χ0) is 18.6. The Bertz CT molecular complexity index is 1020. The maximum atomic E-state index is 14.5. The molecule has 0 spiro atoms. The number of allylic oxidation sites excluding steroid dienone is 1. The van der Waals surface area contributed by atoms with Crippen LogP contribution in [0.5, 0.6) is 0 Å². The summed E-state index contributed by atoms with van der Waals surface area (Å²) in [5, 5.41) is 0. The SMILES string of the molecule is Cc1ccccc1-c1cc(/C=C2\CCCN=C2c2cccnc2)ccc1F. The molecule has 0 fully saturated rings. The van der Waals surface area contributed by atoms with Gasteiger partial charge < -0.3 is 0 Å². The second kappa shape index (κ2) is 7.67. The van der Waals surface area contributed by atoms with Crippen LogP contribution >= 0.6 is 0 Å². The van der Waals surface area contributed by atoms with E-state index >= 15 is 0 Å². The minimum Gasteiger partial charge on any atom is -0.284 e. The van der Waals surface area contributed by atoms with Gasteiger partial charge in [0.15, 0.2) is 0 Å². The normalized spacial score (nSPS) is 15.6. The van der Waals surface area contributed by atoms with Gasteiger partial charge in [0.25, 0.3) is 0 Å². The number of aromatic nitrogens is 1. The first-order chi connectivity index (χ1) is 13.2. The summed E-state index contributed by atoms with van der Waals surface area (Å²) in [6.45, 7) is 2.84. The molecule has 1 aliphatic heterocycles. The summed E-state index contributed by atoms with van der Waals surface area (Å²) < 4.78 is 14.5. The number of hydrogen-bond acceptors (Lipinski definition) is 2. The van der Waals surface area contributed by atoms with E-state index in [1.807, 2.05) is 61.7 Å². The van der Waals surface area contributed by atoms with Gasteiger partial charge in [0, 0.05) is 30.1 Å². The third-order valence-electron chi connectivity index (χ3n) is 4.88. The predicted molar refractivity (Wildman–Crippen MR) is 109 cm³/mol. The molecular weight excluding hydrogens is 335 g/mol. The molecular formula is C24H21FN2. The van der Waals surface area contributed by atoms with E-state index in [4.69, 9.17) is 4.99 Å². The second-order valence-electron chi connectivity index (χ2n) is 6.80. The van der Waals surface area contributed by atoms with E-state index in [2.05, 4.69) is 11.1 Å². The van der Waals surface area contributed by atoms with Crippen molar-refractivity contribution in [3.05, 3.63) is 95.1 Å². The average Bonchev–Trinajstić information content (AvgIpc) is 2.71. The van der Waals surface area contributed by atoms with Crippen molar-refractivity contribution in [1.29, 1.82) is 0 Å². The molecule has 1 aliphatic rings. The smallest absolute Gasteiger partial charge is 0.131 e. The fraction of sp³-hybridized carbons (Fsp3) is 0.167. The van der Waals surface area contributed by atoms with Crippen LogP contribution in [0, 0.1) is 12.7 Å². The van der Waals surface area contributed by atoms with Crippen molar-refractivity contribution in [2.45, 2.75) is 19.8 Å². The molecule has 3 heteroatoms. The maximum Gasteiger partial charge on any atom is 0.131 e. The Labute approximate surface area is 159 Å². The lowest BCUT2D eigenvalue weighted by atomic mass is 9.93. The zero-order valence-electron chi connectivity index (χ0n) is 15.3. The first-order valence-electron chi connectivity index (χ1n) is 9.24. The molecule has 1 aromatic heterocycles. The van der Waals surface area contributed by atoms with Crippen LogP contribution in [0.2, 0.25) is 0 Å². The summed E-state index contributed by atoms with van der Waals surface area (Å²) >= 11 is 0. The van der Waals surface area contributed by atoms with E-state index in [9.17, 15) is 4.39 Å². The van der Waals surface area contributed by atoms with Crippen molar-refractivity contribution >= 4 is 11.8 Å². The van der Waals surface area contributed by atoms with Crippen LogP contribution < -0.4 is 0 Å². The minimum absolute atomic E-state index is 0.198. The third-order valence-corrected chi connectivity index (χ3v) is 4.88. The maximum absolute atomic E-state index is 14.5. The van der Waals surface area contributed by atoms with E-state index in [1.165, 1.54) is 5.57 Å². The van der Waals surface area contributed by atoms with Gasteiger partial charge in [0.1, 0.15) is 5.82 Å². The summed E-state index contributed by atoms with van der Waals surface area (Å²) in [4.78, 5) is 8.94. The highest BCUT2D eigenvalue weighted by Gasteiger charge is 2.15. The first-order valence-corrected chi connectivity index (χ1v) is 9.24. The Balaban J connectivity index is 1.76. The van der Waals surface area contributed by atoms with Crippen molar-refractivity contribution < 1.29 is 4.39 Å². The fourth-order valence-corrected chi connectivity index (χ4v) is 3.52. The summed E-state index contributed by atoms with van der Waals surface area (Å²) in [5.74, 6) is -0.198. The van der Waals surface area contributed by atoms with Gasteiger partial charge in [-0.1, -0.05) is 30.3 Å². The van der Waals surface area contributed by atoms with Crippen LogP contribution in [0.25, 0.3) is 17.2 Å². The lowest BCUT2D eigenvalue weighted by Crippen LogP contribution is -2.11. The van der Waals surface area contributed by atoms with Crippen LogP contribution in [0.3, 0.4) is 0 Å². The van der Waals surface area contributed by atoms with Gasteiger partial charge in [0.05, 0.1) is 5.71 Å². The quantitative estimate of drug-likeness (QED) is 0.577. The number of halogens is 1. The summed E-state index contributed by atoms with van der Waals surface area (Å²) in [6, 6.07) is 17.2. The predicted octanol–water partition coefficient (Wildman–Crippen LogP) is 5.86. The van der Waals surface area contributed by atoms with Crippen LogP contribution in [0.4, 0.5) is 4.39 Å². The van der Waals surface area contributed by atoms with E-state index in [1.54, 1.807) is 12.3 Å². The largest absolute Gasteiger partial charge is 0.284 e. The minimum atomic E-state index is -0.198. The number of aryl methyl sites for hydroxylation is 1. The molecule has 0 aliphatic carbocycles. The lowest BCUT2D eigenvalue weighted by molar-refractivity contribution is 0.631. The molecule has 0 saturated heterocycles. The number of hydrogen-bond donors (Lipinski definition) is 0. The van der Waals surface area contributed by atoms with Crippen LogP contribution in [-0.2, 0) is 0 Å². The van der Waals surface area contributed by atoms with Crippen molar-refractivity contribution in [1.82, 2.24) is 4.98 Å². The van der Waals surface area contributed by atoms with Crippen molar-refractivity contribution in [2.24, 2.45) is 4.99 Å². The molecule has 0 N–H and O–H groups in total. The van der Waals surface area contributed by atoms with Crippen molar-refractivity contribution in [3.8, 4) is 11.1 Å². The number of nitrogens with zero attached hydrogens (tertiary/aromatic N) is 2. The Morgan fingerprint density at radius 3 is 2.70 bits per heavy atom. The van der Waals surface area contributed by atoms with E-state index in [0.29, 0.717) is 5.56 Å². The molecule has 0 atom stereocenters.